The Balaban J connectivity index is 2.09. The van der Waals surface area contributed by atoms with Gasteiger partial charge in [0.05, 0.1) is 12.8 Å². The highest BCUT2D eigenvalue weighted by atomic mass is 16.3. The Kier molecular flexibility index (Phi) is 4.48. The summed E-state index contributed by atoms with van der Waals surface area (Å²) in [5.41, 5.74) is 3.20. The van der Waals surface area contributed by atoms with Crippen LogP contribution in [0.2, 0.25) is 0 Å². The maximum Gasteiger partial charge on any atom is 0.332 e. The molecule has 3 aromatic rings. The van der Waals surface area contributed by atoms with E-state index in [1.54, 1.807) is 6.21 Å². The maximum atomic E-state index is 12.4. The molecule has 2 aromatic heterocycles. The Bertz CT molecular complexity index is 1050. The Morgan fingerprint density at radius 1 is 1.20 bits per heavy atom. The van der Waals surface area contributed by atoms with Crippen LogP contribution in [0.3, 0.4) is 0 Å². The molecule has 130 valence electrons. The normalized spacial score (nSPS) is 11.5. The van der Waals surface area contributed by atoms with E-state index in [0.717, 1.165) is 10.1 Å². The number of aryl methyl sites for hydroxylation is 1. The summed E-state index contributed by atoms with van der Waals surface area (Å²) in [7, 11) is 2.94. The van der Waals surface area contributed by atoms with Crippen molar-refractivity contribution in [2.24, 2.45) is 19.2 Å². The highest BCUT2D eigenvalue weighted by Gasteiger charge is 2.18. The molecule has 0 fully saturated rings. The molecule has 3 rings (SSSR count). The molecular weight excluding hydrogens is 324 g/mol. The quantitative estimate of drug-likeness (QED) is 0.496. The van der Waals surface area contributed by atoms with Gasteiger partial charge in [0.1, 0.15) is 0 Å². The van der Waals surface area contributed by atoms with Gasteiger partial charge in [-0.2, -0.15) is 10.1 Å². The minimum absolute atomic E-state index is 0.146. The third kappa shape index (κ3) is 2.96. The second-order valence-electron chi connectivity index (χ2n) is 5.47. The predicted octanol–water partition coefficient (Wildman–Crippen LogP) is -0.128. The van der Waals surface area contributed by atoms with Crippen LogP contribution < -0.4 is 16.7 Å². The van der Waals surface area contributed by atoms with Crippen molar-refractivity contribution in [1.29, 1.82) is 0 Å². The van der Waals surface area contributed by atoms with Crippen LogP contribution in [0.5, 0.6) is 0 Å². The smallest absolute Gasteiger partial charge is 0.332 e. The number of aromatic nitrogens is 4. The molecule has 0 saturated heterocycles. The largest absolute Gasteiger partial charge is 0.395 e. The lowest BCUT2D eigenvalue weighted by molar-refractivity contribution is 0.278. The van der Waals surface area contributed by atoms with E-state index in [-0.39, 0.29) is 30.3 Å². The Morgan fingerprint density at radius 3 is 2.60 bits per heavy atom. The van der Waals surface area contributed by atoms with Crippen molar-refractivity contribution in [1.82, 2.24) is 18.7 Å². The minimum Gasteiger partial charge on any atom is -0.395 e. The SMILES string of the molecule is Cn1c(=O)c2c(nc(NN=Cc3ccccc3)n2CCO)n(C)c1=O. The second-order valence-corrected chi connectivity index (χ2v) is 5.47. The molecule has 0 saturated carbocycles. The Labute approximate surface area is 142 Å². The van der Waals surface area contributed by atoms with E-state index in [0.29, 0.717) is 0 Å². The molecule has 0 radical (unpaired) electrons. The number of hydrazone groups is 1. The number of anilines is 1. The first kappa shape index (κ1) is 16.7. The van der Waals surface area contributed by atoms with E-state index in [9.17, 15) is 14.7 Å². The molecule has 9 heteroatoms. The first-order chi connectivity index (χ1) is 12.0. The summed E-state index contributed by atoms with van der Waals surface area (Å²) >= 11 is 0. The summed E-state index contributed by atoms with van der Waals surface area (Å²) in [5, 5.41) is 13.4. The number of hydrogen-bond acceptors (Lipinski definition) is 6. The van der Waals surface area contributed by atoms with Crippen LogP contribution in [0, 0.1) is 0 Å². The van der Waals surface area contributed by atoms with Gasteiger partial charge in [0.15, 0.2) is 11.2 Å². The van der Waals surface area contributed by atoms with Gasteiger partial charge in [-0.05, 0) is 5.56 Å². The van der Waals surface area contributed by atoms with E-state index in [1.165, 1.54) is 23.2 Å². The number of aliphatic hydroxyl groups is 1. The molecule has 9 nitrogen and oxygen atoms in total. The number of hydrogen-bond donors (Lipinski definition) is 2. The molecule has 0 atom stereocenters. The summed E-state index contributed by atoms with van der Waals surface area (Å²) in [5.74, 6) is 0.273. The molecule has 0 amide bonds. The van der Waals surface area contributed by atoms with Crippen molar-refractivity contribution in [3.05, 3.63) is 56.7 Å². The zero-order valence-corrected chi connectivity index (χ0v) is 13.9. The van der Waals surface area contributed by atoms with Crippen LogP contribution in [0.15, 0.2) is 45.0 Å². The van der Waals surface area contributed by atoms with Crippen LogP contribution in [0.4, 0.5) is 5.95 Å². The van der Waals surface area contributed by atoms with Crippen LogP contribution >= 0.6 is 0 Å². The molecule has 0 spiro atoms. The van der Waals surface area contributed by atoms with Gasteiger partial charge in [-0.3, -0.25) is 13.9 Å². The molecule has 25 heavy (non-hydrogen) atoms. The van der Waals surface area contributed by atoms with Crippen LogP contribution in [-0.4, -0.2) is 36.6 Å². The number of imidazole rings is 1. The van der Waals surface area contributed by atoms with Gasteiger partial charge in [-0.1, -0.05) is 30.3 Å². The van der Waals surface area contributed by atoms with Gasteiger partial charge in [0, 0.05) is 20.6 Å². The molecule has 0 bridgehead atoms. The third-order valence-corrected chi connectivity index (χ3v) is 3.85. The number of nitrogens with one attached hydrogen (secondary N) is 1. The summed E-state index contributed by atoms with van der Waals surface area (Å²) in [6, 6.07) is 9.47. The monoisotopic (exact) mass is 342 g/mol. The lowest BCUT2D eigenvalue weighted by atomic mass is 10.2. The number of fused-ring (bicyclic) bond motifs is 1. The van der Waals surface area contributed by atoms with Crippen LogP contribution in [0.25, 0.3) is 11.2 Å². The summed E-state index contributed by atoms with van der Waals surface area (Å²) < 4.78 is 3.81. The van der Waals surface area contributed by atoms with Crippen LogP contribution in [0.1, 0.15) is 5.56 Å². The molecule has 0 unspecified atom stereocenters. The fraction of sp³-hybridized carbons (Fsp3) is 0.250. The average Bonchev–Trinajstić information content (AvgIpc) is 2.98. The third-order valence-electron chi connectivity index (χ3n) is 3.85. The number of benzene rings is 1. The maximum absolute atomic E-state index is 12.4. The van der Waals surface area contributed by atoms with Crippen molar-refractivity contribution >= 4 is 23.3 Å². The molecule has 1 aromatic carbocycles. The fourth-order valence-corrected chi connectivity index (χ4v) is 2.55. The summed E-state index contributed by atoms with van der Waals surface area (Å²) in [4.78, 5) is 28.8. The average molecular weight is 342 g/mol. The zero-order valence-electron chi connectivity index (χ0n) is 13.9. The topological polar surface area (TPSA) is 106 Å². The first-order valence-corrected chi connectivity index (χ1v) is 7.66. The Morgan fingerprint density at radius 2 is 1.92 bits per heavy atom. The lowest BCUT2D eigenvalue weighted by Gasteiger charge is -2.07. The van der Waals surface area contributed by atoms with Crippen molar-refractivity contribution < 1.29 is 5.11 Å². The standard InChI is InChI=1S/C16H18N6O3/c1-20-13-12(14(24)21(2)16(20)25)22(8-9-23)15(18-13)19-17-10-11-6-4-3-5-7-11/h3-7,10,23H,8-9H2,1-2H3,(H,18,19). The van der Waals surface area contributed by atoms with E-state index >= 15 is 0 Å². The highest BCUT2D eigenvalue weighted by Crippen LogP contribution is 2.15. The van der Waals surface area contributed by atoms with Gasteiger partial charge >= 0.3 is 5.69 Å². The summed E-state index contributed by atoms with van der Waals surface area (Å²) in [6.45, 7) is -0.0400. The first-order valence-electron chi connectivity index (χ1n) is 7.66. The molecular formula is C16H18N6O3. The number of aliphatic hydroxyl groups excluding tert-OH is 1. The number of rotatable bonds is 5. The van der Waals surface area contributed by atoms with Crippen molar-refractivity contribution in [3.63, 3.8) is 0 Å². The van der Waals surface area contributed by atoms with Gasteiger partial charge in [-0.15, -0.1) is 0 Å². The summed E-state index contributed by atoms with van der Waals surface area (Å²) in [6.07, 6.45) is 1.61. The molecule has 2 N–H and O–H groups in total. The van der Waals surface area contributed by atoms with Crippen molar-refractivity contribution in [3.8, 4) is 0 Å². The van der Waals surface area contributed by atoms with E-state index in [4.69, 9.17) is 0 Å². The molecule has 0 aliphatic heterocycles. The van der Waals surface area contributed by atoms with Crippen molar-refractivity contribution in [2.45, 2.75) is 6.54 Å². The number of nitrogens with zero attached hydrogens (tertiary/aromatic N) is 5. The van der Waals surface area contributed by atoms with Gasteiger partial charge in [0.25, 0.3) is 5.56 Å². The highest BCUT2D eigenvalue weighted by molar-refractivity contribution is 5.80. The lowest BCUT2D eigenvalue weighted by Crippen LogP contribution is -2.37. The zero-order chi connectivity index (χ0) is 18.0. The van der Waals surface area contributed by atoms with Gasteiger partial charge in [-0.25, -0.2) is 10.2 Å². The predicted molar refractivity (Wildman–Crippen MR) is 95.0 cm³/mol. The van der Waals surface area contributed by atoms with E-state index in [1.807, 2.05) is 30.3 Å². The minimum atomic E-state index is -0.473. The molecule has 0 aliphatic carbocycles. The van der Waals surface area contributed by atoms with Crippen LogP contribution in [-0.2, 0) is 20.6 Å². The molecule has 0 aliphatic rings. The van der Waals surface area contributed by atoms with Gasteiger partial charge < -0.3 is 9.67 Å². The fourth-order valence-electron chi connectivity index (χ4n) is 2.55. The van der Waals surface area contributed by atoms with E-state index in [2.05, 4.69) is 15.5 Å². The van der Waals surface area contributed by atoms with Crippen molar-refractivity contribution in [2.75, 3.05) is 12.0 Å². The van der Waals surface area contributed by atoms with Gasteiger partial charge in [0.2, 0.25) is 5.95 Å². The Hall–Kier alpha value is -3.20. The second kappa shape index (κ2) is 6.73. The van der Waals surface area contributed by atoms with E-state index < -0.39 is 11.2 Å². The molecule has 2 heterocycles.